The van der Waals surface area contributed by atoms with Gasteiger partial charge < -0.3 is 5.32 Å². The molecule has 1 aliphatic heterocycles. The maximum absolute atomic E-state index is 4.41. The van der Waals surface area contributed by atoms with E-state index in [2.05, 4.69) is 33.6 Å². The van der Waals surface area contributed by atoms with Crippen molar-refractivity contribution < 1.29 is 0 Å². The quantitative estimate of drug-likeness (QED) is 0.814. The summed E-state index contributed by atoms with van der Waals surface area (Å²) in [6.45, 7) is 4.96. The van der Waals surface area contributed by atoms with Crippen LogP contribution in [0.25, 0.3) is 5.69 Å². The summed E-state index contributed by atoms with van der Waals surface area (Å²) in [5, 5.41) is 7.84. The molecule has 0 saturated carbocycles. The lowest BCUT2D eigenvalue weighted by atomic mass is 10.0. The van der Waals surface area contributed by atoms with Gasteiger partial charge in [-0.3, -0.25) is 0 Å². The minimum Gasteiger partial charge on any atom is -0.385 e. The minimum atomic E-state index is 0.813. The Labute approximate surface area is 101 Å². The van der Waals surface area contributed by atoms with Gasteiger partial charge in [0.2, 0.25) is 0 Å². The summed E-state index contributed by atoms with van der Waals surface area (Å²) in [7, 11) is 0. The molecular weight excluding hydrogens is 212 g/mol. The molecular formula is C13H16N4. The molecule has 0 aliphatic carbocycles. The molecule has 1 aromatic carbocycles. The van der Waals surface area contributed by atoms with Gasteiger partial charge >= 0.3 is 0 Å². The molecule has 2 aromatic rings. The number of rotatable bonds is 1. The van der Waals surface area contributed by atoms with Gasteiger partial charge in [-0.2, -0.15) is 5.10 Å². The van der Waals surface area contributed by atoms with Crippen LogP contribution >= 0.6 is 0 Å². The minimum absolute atomic E-state index is 0.813. The van der Waals surface area contributed by atoms with Crippen LogP contribution in [-0.4, -0.2) is 21.3 Å². The fourth-order valence-corrected chi connectivity index (χ4v) is 2.35. The number of aryl methyl sites for hydroxylation is 3. The SMILES string of the molecule is Cc1nc(C)n(-c2ccc3c(c2)NCCC3)n1. The highest BCUT2D eigenvalue weighted by atomic mass is 15.3. The summed E-state index contributed by atoms with van der Waals surface area (Å²) >= 11 is 0. The van der Waals surface area contributed by atoms with E-state index >= 15 is 0 Å². The second kappa shape index (κ2) is 3.87. The Balaban J connectivity index is 2.06. The Morgan fingerprint density at radius 2 is 2.18 bits per heavy atom. The lowest BCUT2D eigenvalue weighted by Crippen LogP contribution is -2.12. The zero-order valence-electron chi connectivity index (χ0n) is 10.2. The Morgan fingerprint density at radius 1 is 1.29 bits per heavy atom. The van der Waals surface area contributed by atoms with Crippen molar-refractivity contribution in [1.29, 1.82) is 0 Å². The molecule has 3 rings (SSSR count). The molecule has 1 aromatic heterocycles. The van der Waals surface area contributed by atoms with Crippen molar-refractivity contribution in [2.24, 2.45) is 0 Å². The number of hydrogen-bond donors (Lipinski definition) is 1. The summed E-state index contributed by atoms with van der Waals surface area (Å²) in [6.07, 6.45) is 2.38. The van der Waals surface area contributed by atoms with Crippen molar-refractivity contribution in [3.05, 3.63) is 35.4 Å². The topological polar surface area (TPSA) is 42.7 Å². The van der Waals surface area contributed by atoms with Gasteiger partial charge in [-0.05, 0) is 44.4 Å². The van der Waals surface area contributed by atoms with Gasteiger partial charge in [0, 0.05) is 12.2 Å². The van der Waals surface area contributed by atoms with Crippen LogP contribution in [0.15, 0.2) is 18.2 Å². The van der Waals surface area contributed by atoms with Crippen molar-refractivity contribution in [2.75, 3.05) is 11.9 Å². The monoisotopic (exact) mass is 228 g/mol. The Kier molecular flexibility index (Phi) is 2.35. The lowest BCUT2D eigenvalue weighted by molar-refractivity contribution is 0.812. The molecule has 4 nitrogen and oxygen atoms in total. The Hall–Kier alpha value is -1.84. The molecule has 0 unspecified atom stereocenters. The molecule has 0 fully saturated rings. The van der Waals surface area contributed by atoms with Crippen LogP contribution in [0.3, 0.4) is 0 Å². The fourth-order valence-electron chi connectivity index (χ4n) is 2.35. The van der Waals surface area contributed by atoms with Crippen molar-refractivity contribution >= 4 is 5.69 Å². The highest BCUT2D eigenvalue weighted by molar-refractivity contribution is 5.58. The van der Waals surface area contributed by atoms with Crippen molar-refractivity contribution in [1.82, 2.24) is 14.8 Å². The van der Waals surface area contributed by atoms with Crippen LogP contribution in [0.5, 0.6) is 0 Å². The molecule has 2 heterocycles. The zero-order valence-corrected chi connectivity index (χ0v) is 10.2. The lowest BCUT2D eigenvalue weighted by Gasteiger charge is -2.18. The first-order valence-corrected chi connectivity index (χ1v) is 6.01. The summed E-state index contributed by atoms with van der Waals surface area (Å²) in [6, 6.07) is 6.47. The third-order valence-corrected chi connectivity index (χ3v) is 3.15. The summed E-state index contributed by atoms with van der Waals surface area (Å²) in [4.78, 5) is 4.33. The zero-order chi connectivity index (χ0) is 11.8. The molecule has 0 spiro atoms. The number of hydrogen-bond acceptors (Lipinski definition) is 3. The van der Waals surface area contributed by atoms with E-state index in [-0.39, 0.29) is 0 Å². The van der Waals surface area contributed by atoms with E-state index in [0.717, 1.165) is 30.3 Å². The van der Waals surface area contributed by atoms with Crippen molar-refractivity contribution in [3.63, 3.8) is 0 Å². The van der Waals surface area contributed by atoms with Gasteiger partial charge in [0.15, 0.2) is 0 Å². The highest BCUT2D eigenvalue weighted by Crippen LogP contribution is 2.24. The molecule has 1 N–H and O–H groups in total. The number of benzene rings is 1. The van der Waals surface area contributed by atoms with Crippen LogP contribution in [0.2, 0.25) is 0 Å². The van der Waals surface area contributed by atoms with Crippen LogP contribution < -0.4 is 5.32 Å². The van der Waals surface area contributed by atoms with E-state index in [1.165, 1.54) is 17.7 Å². The number of fused-ring (bicyclic) bond motifs is 1. The second-order valence-corrected chi connectivity index (χ2v) is 4.49. The van der Waals surface area contributed by atoms with E-state index in [1.807, 2.05) is 18.5 Å². The molecule has 0 amide bonds. The smallest absolute Gasteiger partial charge is 0.148 e. The van der Waals surface area contributed by atoms with E-state index in [0.29, 0.717) is 0 Å². The largest absolute Gasteiger partial charge is 0.385 e. The van der Waals surface area contributed by atoms with Gasteiger partial charge in [-0.25, -0.2) is 9.67 Å². The van der Waals surface area contributed by atoms with E-state index in [1.54, 1.807) is 0 Å². The summed E-state index contributed by atoms with van der Waals surface area (Å²) < 4.78 is 1.89. The van der Waals surface area contributed by atoms with Gasteiger partial charge in [-0.1, -0.05) is 6.07 Å². The van der Waals surface area contributed by atoms with Gasteiger partial charge in [0.1, 0.15) is 11.6 Å². The van der Waals surface area contributed by atoms with E-state index in [9.17, 15) is 0 Å². The van der Waals surface area contributed by atoms with E-state index < -0.39 is 0 Å². The molecule has 0 radical (unpaired) electrons. The Morgan fingerprint density at radius 3 is 2.94 bits per heavy atom. The Bertz CT molecular complexity index is 557. The van der Waals surface area contributed by atoms with Gasteiger partial charge in [-0.15, -0.1) is 0 Å². The van der Waals surface area contributed by atoms with Gasteiger partial charge in [0.05, 0.1) is 5.69 Å². The third-order valence-electron chi connectivity index (χ3n) is 3.15. The summed E-state index contributed by atoms with van der Waals surface area (Å²) in [5.74, 6) is 1.74. The molecule has 17 heavy (non-hydrogen) atoms. The van der Waals surface area contributed by atoms with Crippen molar-refractivity contribution in [2.45, 2.75) is 26.7 Å². The average Bonchev–Trinajstić information content (AvgIpc) is 2.68. The molecule has 1 aliphatic rings. The maximum Gasteiger partial charge on any atom is 0.148 e. The molecule has 88 valence electrons. The number of nitrogens with one attached hydrogen (secondary N) is 1. The number of anilines is 1. The molecule has 0 saturated heterocycles. The predicted octanol–water partition coefficient (Wildman–Crippen LogP) is 2.24. The highest BCUT2D eigenvalue weighted by Gasteiger charge is 2.11. The standard InChI is InChI=1S/C13H16N4/c1-9-15-10(2)17(16-9)12-6-5-11-4-3-7-14-13(11)8-12/h5-6,8,14H,3-4,7H2,1-2H3. The fraction of sp³-hybridized carbons (Fsp3) is 0.385. The van der Waals surface area contributed by atoms with E-state index in [4.69, 9.17) is 0 Å². The van der Waals surface area contributed by atoms with Gasteiger partial charge in [0.25, 0.3) is 0 Å². The molecule has 0 atom stereocenters. The first-order valence-electron chi connectivity index (χ1n) is 6.01. The molecule has 4 heteroatoms. The van der Waals surface area contributed by atoms with Crippen LogP contribution in [0, 0.1) is 13.8 Å². The van der Waals surface area contributed by atoms with Crippen molar-refractivity contribution in [3.8, 4) is 5.69 Å². The second-order valence-electron chi connectivity index (χ2n) is 4.49. The third kappa shape index (κ3) is 1.79. The normalized spacial score (nSPS) is 14.2. The number of nitrogens with zero attached hydrogens (tertiary/aromatic N) is 3. The van der Waals surface area contributed by atoms with Crippen LogP contribution in [0.4, 0.5) is 5.69 Å². The van der Waals surface area contributed by atoms with Crippen LogP contribution in [-0.2, 0) is 6.42 Å². The van der Waals surface area contributed by atoms with Crippen LogP contribution in [0.1, 0.15) is 23.6 Å². The predicted molar refractivity (Wildman–Crippen MR) is 67.6 cm³/mol. The summed E-state index contributed by atoms with van der Waals surface area (Å²) in [5.41, 5.74) is 3.71. The maximum atomic E-state index is 4.41. The first kappa shape index (κ1) is 10.3. The first-order chi connectivity index (χ1) is 8.24. The average molecular weight is 228 g/mol. The number of aromatic nitrogens is 3. The molecule has 0 bridgehead atoms.